The number of methoxy groups -OCH3 is 3. The maximum Gasteiger partial charge on any atom is 0.248 e. The Morgan fingerprint density at radius 2 is 1.60 bits per heavy atom. The maximum absolute atomic E-state index is 12.5. The largest absolute Gasteiger partial charge is 0.493 e. The minimum absolute atomic E-state index is 0.256. The summed E-state index contributed by atoms with van der Waals surface area (Å²) in [6.07, 6.45) is 6.33. The number of aromatic nitrogens is 1. The van der Waals surface area contributed by atoms with E-state index in [2.05, 4.69) is 23.3 Å². The monoisotopic (exact) mass is 470 g/mol. The van der Waals surface area contributed by atoms with Gasteiger partial charge in [0.25, 0.3) is 0 Å². The Balaban J connectivity index is 1.47. The molecule has 0 saturated carbocycles. The summed E-state index contributed by atoms with van der Waals surface area (Å²) in [6.45, 7) is 2.05. The summed E-state index contributed by atoms with van der Waals surface area (Å²) in [6, 6.07) is 17.3. The van der Waals surface area contributed by atoms with E-state index < -0.39 is 0 Å². The van der Waals surface area contributed by atoms with Crippen molar-refractivity contribution in [1.82, 2.24) is 4.98 Å². The van der Waals surface area contributed by atoms with E-state index in [1.54, 1.807) is 52.0 Å². The lowest BCUT2D eigenvalue weighted by Crippen LogP contribution is -2.07. The van der Waals surface area contributed by atoms with Gasteiger partial charge in [-0.25, -0.2) is 4.98 Å². The van der Waals surface area contributed by atoms with E-state index in [0.717, 1.165) is 27.8 Å². The SMILES string of the molecule is COc1cc(/C=C/C(=O)Nc2ccc(-c3cc(-c4ncco4)ccc3C)cc2)cc(OC)c1OC. The third kappa shape index (κ3) is 5.35. The Morgan fingerprint density at radius 1 is 0.914 bits per heavy atom. The number of carbonyl (C=O) groups excluding carboxylic acids is 1. The van der Waals surface area contributed by atoms with Crippen molar-refractivity contribution < 1.29 is 23.4 Å². The quantitative estimate of drug-likeness (QED) is 0.318. The van der Waals surface area contributed by atoms with Crippen molar-refractivity contribution in [2.24, 2.45) is 0 Å². The highest BCUT2D eigenvalue weighted by Crippen LogP contribution is 2.38. The van der Waals surface area contributed by atoms with Crippen LogP contribution in [0.3, 0.4) is 0 Å². The number of aryl methyl sites for hydroxylation is 1. The van der Waals surface area contributed by atoms with Gasteiger partial charge in [0, 0.05) is 17.3 Å². The number of nitrogens with one attached hydrogen (secondary N) is 1. The van der Waals surface area contributed by atoms with Crippen molar-refractivity contribution >= 4 is 17.7 Å². The molecule has 0 aliphatic rings. The van der Waals surface area contributed by atoms with Gasteiger partial charge in [-0.15, -0.1) is 0 Å². The molecule has 7 nitrogen and oxygen atoms in total. The first-order valence-corrected chi connectivity index (χ1v) is 10.9. The van der Waals surface area contributed by atoms with E-state index in [0.29, 0.717) is 28.8 Å². The number of rotatable bonds is 8. The number of amides is 1. The van der Waals surface area contributed by atoms with Crippen LogP contribution in [0, 0.1) is 6.92 Å². The van der Waals surface area contributed by atoms with Crippen LogP contribution in [0.15, 0.2) is 77.6 Å². The molecule has 0 spiro atoms. The molecule has 0 saturated heterocycles. The van der Waals surface area contributed by atoms with E-state index in [1.807, 2.05) is 36.4 Å². The highest BCUT2D eigenvalue weighted by atomic mass is 16.5. The average molecular weight is 471 g/mol. The van der Waals surface area contributed by atoms with Gasteiger partial charge >= 0.3 is 0 Å². The zero-order valence-electron chi connectivity index (χ0n) is 20.0. The lowest BCUT2D eigenvalue weighted by atomic mass is 9.98. The number of hydrogen-bond acceptors (Lipinski definition) is 6. The van der Waals surface area contributed by atoms with Gasteiger partial charge in [0.15, 0.2) is 11.5 Å². The van der Waals surface area contributed by atoms with Crippen molar-refractivity contribution in [2.45, 2.75) is 6.92 Å². The van der Waals surface area contributed by atoms with Crippen LogP contribution in [-0.2, 0) is 4.79 Å². The molecule has 0 fully saturated rings. The van der Waals surface area contributed by atoms with Crippen LogP contribution in [-0.4, -0.2) is 32.2 Å². The summed E-state index contributed by atoms with van der Waals surface area (Å²) < 4.78 is 21.5. The van der Waals surface area contributed by atoms with Crippen LogP contribution >= 0.6 is 0 Å². The standard InChI is InChI=1S/C28H26N2O5/c1-18-5-7-21(28-29-13-14-35-28)17-23(18)20-8-10-22(11-9-20)30-26(31)12-6-19-15-24(32-2)27(34-4)25(16-19)33-3/h5-17H,1-4H3,(H,30,31)/b12-6+. The molecular formula is C28H26N2O5. The minimum atomic E-state index is -0.256. The molecule has 178 valence electrons. The van der Waals surface area contributed by atoms with Crippen LogP contribution < -0.4 is 19.5 Å². The summed E-state index contributed by atoms with van der Waals surface area (Å²) >= 11 is 0. The summed E-state index contributed by atoms with van der Waals surface area (Å²) in [5, 5.41) is 2.88. The van der Waals surface area contributed by atoms with Crippen LogP contribution in [0.4, 0.5) is 5.69 Å². The number of nitrogens with zero attached hydrogens (tertiary/aromatic N) is 1. The maximum atomic E-state index is 12.5. The van der Waals surface area contributed by atoms with Gasteiger partial charge in [-0.2, -0.15) is 0 Å². The number of anilines is 1. The number of hydrogen-bond donors (Lipinski definition) is 1. The second-order valence-corrected chi connectivity index (χ2v) is 7.73. The van der Waals surface area contributed by atoms with Gasteiger partial charge in [-0.05, 0) is 71.7 Å². The van der Waals surface area contributed by atoms with E-state index >= 15 is 0 Å². The molecule has 0 bridgehead atoms. The summed E-state index contributed by atoms with van der Waals surface area (Å²) in [5.41, 5.74) is 5.57. The summed E-state index contributed by atoms with van der Waals surface area (Å²) in [4.78, 5) is 16.7. The molecule has 7 heteroatoms. The fraction of sp³-hybridized carbons (Fsp3) is 0.143. The van der Waals surface area contributed by atoms with Gasteiger partial charge in [-0.1, -0.05) is 18.2 Å². The van der Waals surface area contributed by atoms with Crippen molar-refractivity contribution in [2.75, 3.05) is 26.6 Å². The molecule has 0 unspecified atom stereocenters. The van der Waals surface area contributed by atoms with Crippen LogP contribution in [0.25, 0.3) is 28.7 Å². The predicted octanol–water partition coefficient (Wildman–Crippen LogP) is 5.99. The molecular weight excluding hydrogens is 444 g/mol. The highest BCUT2D eigenvalue weighted by molar-refractivity contribution is 6.02. The van der Waals surface area contributed by atoms with E-state index in [-0.39, 0.29) is 5.91 Å². The van der Waals surface area contributed by atoms with Crippen LogP contribution in [0.5, 0.6) is 17.2 Å². The lowest BCUT2D eigenvalue weighted by Gasteiger charge is -2.12. The number of ether oxygens (including phenoxy) is 3. The van der Waals surface area contributed by atoms with Gasteiger partial charge in [0.2, 0.25) is 17.5 Å². The normalized spacial score (nSPS) is 10.9. The number of oxazole rings is 1. The van der Waals surface area contributed by atoms with Gasteiger partial charge in [-0.3, -0.25) is 4.79 Å². The lowest BCUT2D eigenvalue weighted by molar-refractivity contribution is -0.111. The van der Waals surface area contributed by atoms with Gasteiger partial charge < -0.3 is 23.9 Å². The summed E-state index contributed by atoms with van der Waals surface area (Å²) in [7, 11) is 4.64. The third-order valence-corrected chi connectivity index (χ3v) is 5.49. The van der Waals surface area contributed by atoms with Crippen molar-refractivity contribution in [3.8, 4) is 39.8 Å². The first-order valence-electron chi connectivity index (χ1n) is 10.9. The van der Waals surface area contributed by atoms with E-state index in [9.17, 15) is 4.79 Å². The molecule has 0 radical (unpaired) electrons. The molecule has 4 rings (SSSR count). The molecule has 0 atom stereocenters. The Morgan fingerprint density at radius 3 is 2.20 bits per heavy atom. The van der Waals surface area contributed by atoms with Gasteiger partial charge in [0.05, 0.1) is 27.5 Å². The van der Waals surface area contributed by atoms with Crippen LogP contribution in [0.2, 0.25) is 0 Å². The fourth-order valence-electron chi connectivity index (χ4n) is 3.72. The first kappa shape index (κ1) is 23.6. The van der Waals surface area contributed by atoms with E-state index in [4.69, 9.17) is 18.6 Å². The van der Waals surface area contributed by atoms with Crippen LogP contribution in [0.1, 0.15) is 11.1 Å². The molecule has 35 heavy (non-hydrogen) atoms. The molecule has 1 heterocycles. The smallest absolute Gasteiger partial charge is 0.248 e. The topological polar surface area (TPSA) is 82.8 Å². The second-order valence-electron chi connectivity index (χ2n) is 7.73. The number of carbonyl (C=O) groups is 1. The van der Waals surface area contributed by atoms with Gasteiger partial charge in [0.1, 0.15) is 6.26 Å². The Bertz CT molecular complexity index is 1320. The minimum Gasteiger partial charge on any atom is -0.493 e. The Kier molecular flexibility index (Phi) is 7.16. The second kappa shape index (κ2) is 10.6. The number of benzene rings is 3. The average Bonchev–Trinajstić information content (AvgIpc) is 3.42. The molecule has 0 aliphatic carbocycles. The zero-order chi connectivity index (χ0) is 24.8. The Labute approximate surface area is 204 Å². The van der Waals surface area contributed by atoms with E-state index in [1.165, 1.54) is 6.08 Å². The highest BCUT2D eigenvalue weighted by Gasteiger charge is 2.12. The van der Waals surface area contributed by atoms with Crippen molar-refractivity contribution in [1.29, 1.82) is 0 Å². The van der Waals surface area contributed by atoms with Crippen molar-refractivity contribution in [3.05, 3.63) is 84.3 Å². The molecule has 1 amide bonds. The third-order valence-electron chi connectivity index (χ3n) is 5.49. The molecule has 1 N–H and O–H groups in total. The predicted molar refractivity (Wildman–Crippen MR) is 136 cm³/mol. The summed E-state index contributed by atoms with van der Waals surface area (Å²) in [5.74, 6) is 1.86. The molecule has 3 aromatic carbocycles. The molecule has 4 aromatic rings. The Hall–Kier alpha value is -4.52. The van der Waals surface area contributed by atoms with Crippen molar-refractivity contribution in [3.63, 3.8) is 0 Å². The zero-order valence-corrected chi connectivity index (χ0v) is 20.0. The molecule has 1 aromatic heterocycles. The first-order chi connectivity index (χ1) is 17.0. The molecule has 0 aliphatic heterocycles. The fourth-order valence-corrected chi connectivity index (χ4v) is 3.72.